The molecule has 0 atom stereocenters. The molecule has 7 heteroatoms. The second-order valence-corrected chi connectivity index (χ2v) is 9.74. The molecule has 1 N–H and O–H groups in total. The molecule has 2 aromatic carbocycles. The lowest BCUT2D eigenvalue weighted by molar-refractivity contribution is 0.0942. The van der Waals surface area contributed by atoms with E-state index in [9.17, 15) is 4.79 Å². The van der Waals surface area contributed by atoms with Gasteiger partial charge in [0.2, 0.25) is 6.79 Å². The maximum atomic E-state index is 13.1. The minimum atomic E-state index is -0.0974. The van der Waals surface area contributed by atoms with E-state index in [1.54, 1.807) is 11.3 Å². The van der Waals surface area contributed by atoms with Crippen LogP contribution in [0.15, 0.2) is 58.4 Å². The molecule has 4 aromatic rings. The Balaban J connectivity index is 1.41. The van der Waals surface area contributed by atoms with E-state index >= 15 is 0 Å². The molecule has 1 aliphatic heterocycles. The zero-order chi connectivity index (χ0) is 20.7. The van der Waals surface area contributed by atoms with Crippen molar-refractivity contribution in [3.05, 3.63) is 80.8 Å². The molecule has 0 unspecified atom stereocenters. The van der Waals surface area contributed by atoms with Gasteiger partial charge in [0, 0.05) is 13.1 Å². The van der Waals surface area contributed by atoms with Gasteiger partial charge in [0.15, 0.2) is 11.5 Å². The molecule has 2 aromatic heterocycles. The summed E-state index contributed by atoms with van der Waals surface area (Å²) in [6.07, 6.45) is 0. The summed E-state index contributed by atoms with van der Waals surface area (Å²) in [4.78, 5) is 13.1. The highest BCUT2D eigenvalue weighted by Crippen LogP contribution is 2.34. The van der Waals surface area contributed by atoms with Gasteiger partial charge >= 0.3 is 0 Å². The fourth-order valence-electron chi connectivity index (χ4n) is 3.69. The lowest BCUT2D eigenvalue weighted by Crippen LogP contribution is -2.25. The average Bonchev–Trinajstić information content (AvgIpc) is 3.41. The number of aryl methyl sites for hydroxylation is 1. The first kappa shape index (κ1) is 19.2. The molecule has 0 saturated carbocycles. The molecular weight excluding hydrogens is 464 g/mol. The van der Waals surface area contributed by atoms with Crippen molar-refractivity contribution in [3.63, 3.8) is 0 Å². The zero-order valence-corrected chi connectivity index (χ0v) is 18.7. The molecule has 5 rings (SSSR count). The minimum Gasteiger partial charge on any atom is -0.454 e. The smallest absolute Gasteiger partial charge is 0.268 e. The van der Waals surface area contributed by atoms with Crippen LogP contribution in [0.1, 0.15) is 27.2 Å². The summed E-state index contributed by atoms with van der Waals surface area (Å²) in [6, 6.07) is 18.1. The first-order chi connectivity index (χ1) is 14.6. The lowest BCUT2D eigenvalue weighted by Gasteiger charge is -2.12. The van der Waals surface area contributed by atoms with Crippen LogP contribution >= 0.6 is 27.3 Å². The van der Waals surface area contributed by atoms with Crippen molar-refractivity contribution in [2.75, 3.05) is 6.79 Å². The normalized spacial score (nSPS) is 12.5. The van der Waals surface area contributed by atoms with E-state index in [2.05, 4.69) is 57.0 Å². The fourth-order valence-corrected chi connectivity index (χ4v) is 5.25. The molecule has 0 fully saturated rings. The van der Waals surface area contributed by atoms with E-state index in [-0.39, 0.29) is 12.7 Å². The Bertz CT molecular complexity index is 1260. The topological polar surface area (TPSA) is 52.5 Å². The number of aromatic nitrogens is 1. The fraction of sp³-hybridized carbons (Fsp3) is 0.174. The van der Waals surface area contributed by atoms with Crippen molar-refractivity contribution < 1.29 is 14.3 Å². The third kappa shape index (κ3) is 3.70. The van der Waals surface area contributed by atoms with Crippen LogP contribution in [0.25, 0.3) is 10.2 Å². The predicted molar refractivity (Wildman–Crippen MR) is 122 cm³/mol. The van der Waals surface area contributed by atoms with Gasteiger partial charge in [-0.05, 0) is 58.2 Å². The number of carbonyl (C=O) groups excluding carboxylic acids is 1. The number of rotatable bonds is 5. The van der Waals surface area contributed by atoms with Crippen molar-refractivity contribution in [1.82, 2.24) is 9.88 Å². The Labute approximate surface area is 186 Å². The maximum Gasteiger partial charge on any atom is 0.268 e. The summed E-state index contributed by atoms with van der Waals surface area (Å²) in [5, 5.41) is 3.05. The van der Waals surface area contributed by atoms with Crippen LogP contribution in [0.4, 0.5) is 0 Å². The van der Waals surface area contributed by atoms with Gasteiger partial charge in [-0.15, -0.1) is 11.3 Å². The Morgan fingerprint density at radius 2 is 1.97 bits per heavy atom. The Morgan fingerprint density at radius 3 is 2.83 bits per heavy atom. The van der Waals surface area contributed by atoms with E-state index in [1.165, 1.54) is 11.1 Å². The van der Waals surface area contributed by atoms with E-state index in [1.807, 2.05) is 30.3 Å². The van der Waals surface area contributed by atoms with Crippen LogP contribution in [-0.2, 0) is 13.1 Å². The summed E-state index contributed by atoms with van der Waals surface area (Å²) in [6.45, 7) is 3.38. The number of halogens is 1. The second kappa shape index (κ2) is 7.81. The largest absolute Gasteiger partial charge is 0.454 e. The van der Waals surface area contributed by atoms with Crippen molar-refractivity contribution in [3.8, 4) is 11.5 Å². The van der Waals surface area contributed by atoms with Crippen molar-refractivity contribution in [1.29, 1.82) is 0 Å². The number of benzene rings is 2. The van der Waals surface area contributed by atoms with Crippen LogP contribution in [0, 0.1) is 6.92 Å². The highest BCUT2D eigenvalue weighted by Gasteiger charge is 2.19. The Morgan fingerprint density at radius 1 is 1.10 bits per heavy atom. The summed E-state index contributed by atoms with van der Waals surface area (Å²) in [7, 11) is 0. The van der Waals surface area contributed by atoms with Gasteiger partial charge in [-0.25, -0.2) is 0 Å². The van der Waals surface area contributed by atoms with Crippen LogP contribution < -0.4 is 14.8 Å². The van der Waals surface area contributed by atoms with E-state index in [0.717, 1.165) is 31.1 Å². The summed E-state index contributed by atoms with van der Waals surface area (Å²) < 4.78 is 15.0. The summed E-state index contributed by atoms with van der Waals surface area (Å²) >= 11 is 5.20. The van der Waals surface area contributed by atoms with Gasteiger partial charge in [-0.1, -0.05) is 35.9 Å². The van der Waals surface area contributed by atoms with Gasteiger partial charge in [0.25, 0.3) is 5.91 Å². The average molecular weight is 483 g/mol. The van der Waals surface area contributed by atoms with E-state index in [4.69, 9.17) is 9.47 Å². The summed E-state index contributed by atoms with van der Waals surface area (Å²) in [5.74, 6) is 1.36. The van der Waals surface area contributed by atoms with Crippen molar-refractivity contribution >= 4 is 43.4 Å². The molecule has 0 radical (unpaired) electrons. The Hall–Kier alpha value is -2.77. The first-order valence-corrected chi connectivity index (χ1v) is 11.2. The van der Waals surface area contributed by atoms with Gasteiger partial charge < -0.3 is 19.4 Å². The number of hydrogen-bond acceptors (Lipinski definition) is 4. The maximum absolute atomic E-state index is 13.1. The molecule has 30 heavy (non-hydrogen) atoms. The van der Waals surface area contributed by atoms with E-state index in [0.29, 0.717) is 18.8 Å². The van der Waals surface area contributed by atoms with Crippen LogP contribution in [0.5, 0.6) is 11.5 Å². The van der Waals surface area contributed by atoms with Crippen molar-refractivity contribution in [2.24, 2.45) is 0 Å². The molecule has 0 aliphatic carbocycles. The number of thiophene rings is 1. The molecule has 0 spiro atoms. The monoisotopic (exact) mass is 482 g/mol. The van der Waals surface area contributed by atoms with Gasteiger partial charge in [-0.2, -0.15) is 0 Å². The number of ether oxygens (including phenoxy) is 2. The molecule has 3 heterocycles. The molecule has 0 bridgehead atoms. The van der Waals surface area contributed by atoms with Crippen LogP contribution in [-0.4, -0.2) is 17.3 Å². The van der Waals surface area contributed by atoms with Gasteiger partial charge in [0.05, 0.1) is 14.0 Å². The third-order valence-corrected chi connectivity index (χ3v) is 6.68. The standard InChI is InChI=1S/C23H19BrN2O3S/c1-14-3-2-4-16(7-14)12-26-17-10-22(24)30-21(17)9-18(26)23(27)25-11-15-5-6-19-20(8-15)29-13-28-19/h2-10H,11-13H2,1H3,(H,25,27). The molecule has 152 valence electrons. The Kier molecular flexibility index (Phi) is 5.00. The quantitative estimate of drug-likeness (QED) is 0.409. The highest BCUT2D eigenvalue weighted by molar-refractivity contribution is 9.11. The first-order valence-electron chi connectivity index (χ1n) is 9.58. The highest BCUT2D eigenvalue weighted by atomic mass is 79.9. The molecule has 5 nitrogen and oxygen atoms in total. The van der Waals surface area contributed by atoms with Gasteiger partial charge in [-0.3, -0.25) is 4.79 Å². The van der Waals surface area contributed by atoms with Crippen molar-refractivity contribution in [2.45, 2.75) is 20.0 Å². The number of fused-ring (bicyclic) bond motifs is 2. The number of nitrogens with zero attached hydrogens (tertiary/aromatic N) is 1. The molecular formula is C23H19BrN2O3S. The van der Waals surface area contributed by atoms with E-state index < -0.39 is 0 Å². The third-order valence-electron chi connectivity index (χ3n) is 5.11. The SMILES string of the molecule is Cc1cccc(Cn2c(C(=O)NCc3ccc4c(c3)OCO4)cc3sc(Br)cc32)c1. The number of amides is 1. The summed E-state index contributed by atoms with van der Waals surface area (Å²) in [5.41, 5.74) is 5.05. The number of hydrogen-bond donors (Lipinski definition) is 1. The van der Waals surface area contributed by atoms with Crippen LogP contribution in [0.3, 0.4) is 0 Å². The molecule has 1 aliphatic rings. The molecule has 0 saturated heterocycles. The minimum absolute atomic E-state index is 0.0974. The lowest BCUT2D eigenvalue weighted by atomic mass is 10.1. The second-order valence-electron chi connectivity index (χ2n) is 7.28. The number of carbonyl (C=O) groups is 1. The zero-order valence-electron chi connectivity index (χ0n) is 16.3. The number of nitrogens with one attached hydrogen (secondary N) is 1. The van der Waals surface area contributed by atoms with Gasteiger partial charge in [0.1, 0.15) is 5.69 Å². The molecule has 1 amide bonds. The predicted octanol–water partition coefficient (Wildman–Crippen LogP) is 5.48. The van der Waals surface area contributed by atoms with Crippen LogP contribution in [0.2, 0.25) is 0 Å².